The summed E-state index contributed by atoms with van der Waals surface area (Å²) < 4.78 is 4.68. The SMILES string of the molecule is CCOC(=O)/C(N=Nc1nc[nH]c1C(N)=O)=C(\C)O. The fourth-order valence-electron chi connectivity index (χ4n) is 1.10. The van der Waals surface area contributed by atoms with Gasteiger partial charge in [0, 0.05) is 0 Å². The summed E-state index contributed by atoms with van der Waals surface area (Å²) in [6.07, 6.45) is 1.20. The lowest BCUT2D eigenvalue weighted by Crippen LogP contribution is -2.11. The van der Waals surface area contributed by atoms with E-state index in [1.807, 2.05) is 0 Å². The first-order valence-electron chi connectivity index (χ1n) is 5.29. The number of hydrogen-bond donors (Lipinski definition) is 3. The smallest absolute Gasteiger partial charge is 0.362 e. The van der Waals surface area contributed by atoms with Crippen LogP contribution in [0.2, 0.25) is 0 Å². The molecule has 1 rings (SSSR count). The molecule has 4 N–H and O–H groups in total. The number of carbonyl (C=O) groups excluding carboxylic acids is 2. The normalized spacial score (nSPS) is 12.3. The number of aromatic amines is 1. The Labute approximate surface area is 108 Å². The maximum atomic E-state index is 11.4. The molecule has 0 aliphatic rings. The predicted octanol–water partition coefficient (Wildman–Crippen LogP) is 0.945. The van der Waals surface area contributed by atoms with E-state index in [1.54, 1.807) is 6.92 Å². The van der Waals surface area contributed by atoms with Crippen molar-refractivity contribution in [2.24, 2.45) is 16.0 Å². The summed E-state index contributed by atoms with van der Waals surface area (Å²) >= 11 is 0. The highest BCUT2D eigenvalue weighted by Gasteiger charge is 2.15. The molecule has 9 heteroatoms. The van der Waals surface area contributed by atoms with E-state index in [-0.39, 0.29) is 29.6 Å². The zero-order valence-corrected chi connectivity index (χ0v) is 10.4. The second-order valence-corrected chi connectivity index (χ2v) is 3.32. The first kappa shape index (κ1) is 14.4. The van der Waals surface area contributed by atoms with Crippen molar-refractivity contribution in [3.63, 3.8) is 0 Å². The first-order chi connectivity index (χ1) is 8.97. The number of imidazole rings is 1. The molecule has 1 amide bonds. The minimum Gasteiger partial charge on any atom is -0.510 e. The van der Waals surface area contributed by atoms with Crippen LogP contribution in [0.1, 0.15) is 24.3 Å². The maximum Gasteiger partial charge on any atom is 0.362 e. The quantitative estimate of drug-likeness (QED) is 0.315. The summed E-state index contributed by atoms with van der Waals surface area (Å²) in [4.78, 5) is 28.6. The molecule has 19 heavy (non-hydrogen) atoms. The summed E-state index contributed by atoms with van der Waals surface area (Å²) in [5.74, 6) is -2.05. The number of aliphatic hydroxyl groups excluding tert-OH is 1. The second-order valence-electron chi connectivity index (χ2n) is 3.32. The van der Waals surface area contributed by atoms with Gasteiger partial charge in [0.25, 0.3) is 5.91 Å². The number of aliphatic hydroxyl groups is 1. The molecule has 0 saturated carbocycles. The summed E-state index contributed by atoms with van der Waals surface area (Å²) in [6.45, 7) is 2.99. The molecule has 102 valence electrons. The number of azo groups is 1. The number of carbonyl (C=O) groups is 2. The topological polar surface area (TPSA) is 143 Å². The molecule has 0 saturated heterocycles. The molecule has 0 aromatic carbocycles. The Morgan fingerprint density at radius 3 is 2.79 bits per heavy atom. The monoisotopic (exact) mass is 267 g/mol. The number of nitrogens with two attached hydrogens (primary N) is 1. The van der Waals surface area contributed by atoms with Gasteiger partial charge in [-0.2, -0.15) is 0 Å². The van der Waals surface area contributed by atoms with Crippen LogP contribution in [0.5, 0.6) is 0 Å². The van der Waals surface area contributed by atoms with Crippen molar-refractivity contribution in [1.82, 2.24) is 9.97 Å². The van der Waals surface area contributed by atoms with Crippen molar-refractivity contribution < 1.29 is 19.4 Å². The molecule has 0 aliphatic heterocycles. The number of allylic oxidation sites excluding steroid dienone is 1. The molecule has 1 aromatic heterocycles. The highest BCUT2D eigenvalue weighted by atomic mass is 16.5. The average Bonchev–Trinajstić information content (AvgIpc) is 2.77. The molecule has 0 bridgehead atoms. The Hall–Kier alpha value is -2.71. The van der Waals surface area contributed by atoms with Gasteiger partial charge in [-0.05, 0) is 13.8 Å². The van der Waals surface area contributed by atoms with E-state index in [1.165, 1.54) is 13.3 Å². The predicted molar refractivity (Wildman–Crippen MR) is 63.6 cm³/mol. The van der Waals surface area contributed by atoms with Gasteiger partial charge in [0.15, 0.2) is 5.69 Å². The molecular formula is C10H13N5O4. The number of aromatic nitrogens is 2. The lowest BCUT2D eigenvalue weighted by Gasteiger charge is -2.01. The van der Waals surface area contributed by atoms with Crippen LogP contribution >= 0.6 is 0 Å². The summed E-state index contributed by atoms with van der Waals surface area (Å²) in [5.41, 5.74) is 4.64. The van der Waals surface area contributed by atoms with Crippen molar-refractivity contribution in [3.05, 3.63) is 23.5 Å². The Morgan fingerprint density at radius 1 is 1.58 bits per heavy atom. The Kier molecular flexibility index (Phi) is 4.75. The Bertz CT molecular complexity index is 542. The van der Waals surface area contributed by atoms with E-state index in [9.17, 15) is 14.7 Å². The number of ether oxygens (including phenoxy) is 1. The lowest BCUT2D eigenvalue weighted by molar-refractivity contribution is -0.138. The van der Waals surface area contributed by atoms with Crippen LogP contribution in [-0.4, -0.2) is 33.6 Å². The molecule has 0 aliphatic carbocycles. The van der Waals surface area contributed by atoms with E-state index >= 15 is 0 Å². The molecule has 1 aromatic rings. The van der Waals surface area contributed by atoms with Gasteiger partial charge in [0.1, 0.15) is 5.76 Å². The zero-order chi connectivity index (χ0) is 14.4. The molecule has 0 spiro atoms. The van der Waals surface area contributed by atoms with Crippen molar-refractivity contribution in [3.8, 4) is 0 Å². The summed E-state index contributed by atoms with van der Waals surface area (Å²) in [7, 11) is 0. The third-order valence-corrected chi connectivity index (χ3v) is 1.92. The molecule has 0 fully saturated rings. The molecular weight excluding hydrogens is 254 g/mol. The van der Waals surface area contributed by atoms with Gasteiger partial charge in [-0.15, -0.1) is 10.2 Å². The van der Waals surface area contributed by atoms with Gasteiger partial charge in [0.05, 0.1) is 12.9 Å². The number of rotatable bonds is 5. The number of primary amides is 1. The lowest BCUT2D eigenvalue weighted by atomic mass is 10.4. The highest BCUT2D eigenvalue weighted by Crippen LogP contribution is 2.16. The standard InChI is InChI=1S/C10H13N5O4/c1-3-19-10(18)6(5(2)16)14-15-9-7(8(11)17)12-4-13-9/h4,16H,3H2,1-2H3,(H2,11,17)(H,12,13)/b6-5-,15-14?. The number of hydrogen-bond acceptors (Lipinski definition) is 7. The van der Waals surface area contributed by atoms with Crippen molar-refractivity contribution in [2.75, 3.05) is 6.61 Å². The van der Waals surface area contributed by atoms with Crippen molar-refractivity contribution >= 4 is 17.7 Å². The Morgan fingerprint density at radius 2 is 2.26 bits per heavy atom. The largest absolute Gasteiger partial charge is 0.510 e. The van der Waals surface area contributed by atoms with E-state index in [2.05, 4.69) is 24.9 Å². The van der Waals surface area contributed by atoms with E-state index in [0.717, 1.165) is 0 Å². The fraction of sp³-hybridized carbons (Fsp3) is 0.300. The van der Waals surface area contributed by atoms with Gasteiger partial charge in [-0.3, -0.25) is 4.79 Å². The van der Waals surface area contributed by atoms with Crippen molar-refractivity contribution in [2.45, 2.75) is 13.8 Å². The molecule has 0 atom stereocenters. The first-order valence-corrected chi connectivity index (χ1v) is 5.29. The van der Waals surface area contributed by atoms with Gasteiger partial charge in [0.2, 0.25) is 11.5 Å². The number of esters is 1. The number of nitrogens with zero attached hydrogens (tertiary/aromatic N) is 3. The van der Waals surface area contributed by atoms with Crippen LogP contribution in [0.15, 0.2) is 28.0 Å². The third kappa shape index (κ3) is 3.63. The van der Waals surface area contributed by atoms with E-state index < -0.39 is 11.9 Å². The van der Waals surface area contributed by atoms with Crippen molar-refractivity contribution in [1.29, 1.82) is 0 Å². The molecule has 0 radical (unpaired) electrons. The van der Waals surface area contributed by atoms with Gasteiger partial charge >= 0.3 is 5.97 Å². The minimum atomic E-state index is -0.831. The molecule has 1 heterocycles. The molecule has 9 nitrogen and oxygen atoms in total. The third-order valence-electron chi connectivity index (χ3n) is 1.92. The number of nitrogens with one attached hydrogen (secondary N) is 1. The second kappa shape index (κ2) is 6.28. The van der Waals surface area contributed by atoms with Crippen LogP contribution in [0.4, 0.5) is 5.82 Å². The van der Waals surface area contributed by atoms with Crippen LogP contribution in [0.25, 0.3) is 0 Å². The van der Waals surface area contributed by atoms with Gasteiger partial charge < -0.3 is 20.6 Å². The average molecular weight is 267 g/mol. The zero-order valence-electron chi connectivity index (χ0n) is 10.4. The van der Waals surface area contributed by atoms with Crippen LogP contribution < -0.4 is 5.73 Å². The number of H-pyrrole nitrogens is 1. The maximum absolute atomic E-state index is 11.4. The van der Waals surface area contributed by atoms with Crippen LogP contribution in [0, 0.1) is 0 Å². The summed E-state index contributed by atoms with van der Waals surface area (Å²) in [5, 5.41) is 16.4. The van der Waals surface area contributed by atoms with Gasteiger partial charge in [-0.25, -0.2) is 9.78 Å². The van der Waals surface area contributed by atoms with E-state index in [0.29, 0.717) is 0 Å². The number of amides is 1. The van der Waals surface area contributed by atoms with Crippen LogP contribution in [0.3, 0.4) is 0 Å². The highest BCUT2D eigenvalue weighted by molar-refractivity contribution is 5.95. The minimum absolute atomic E-state index is 0.0532. The van der Waals surface area contributed by atoms with Gasteiger partial charge in [-0.1, -0.05) is 0 Å². The molecule has 0 unspecified atom stereocenters. The Balaban J connectivity index is 3.01. The summed E-state index contributed by atoms with van der Waals surface area (Å²) in [6, 6.07) is 0. The fourth-order valence-corrected chi connectivity index (χ4v) is 1.10. The van der Waals surface area contributed by atoms with E-state index in [4.69, 9.17) is 5.73 Å². The van der Waals surface area contributed by atoms with Crippen LogP contribution in [-0.2, 0) is 9.53 Å².